The first-order valence-electron chi connectivity index (χ1n) is 3.72. The van der Waals surface area contributed by atoms with E-state index in [0.29, 0.717) is 0 Å². The molecule has 0 radical (unpaired) electrons. The van der Waals surface area contributed by atoms with E-state index >= 15 is 0 Å². The van der Waals surface area contributed by atoms with Crippen LogP contribution in [-0.2, 0) is 0 Å². The number of aryl methyl sites for hydroxylation is 1. The molecular weight excluding hydrogens is 215 g/mol. The van der Waals surface area contributed by atoms with Crippen molar-refractivity contribution in [3.05, 3.63) is 36.0 Å². The average Bonchev–Trinajstić information content (AvgIpc) is 2.53. The van der Waals surface area contributed by atoms with Gasteiger partial charge in [0.2, 0.25) is 0 Å². The van der Waals surface area contributed by atoms with Crippen LogP contribution in [0.1, 0.15) is 5.69 Å². The van der Waals surface area contributed by atoms with Crippen LogP contribution in [0.3, 0.4) is 0 Å². The molecule has 3 heteroatoms. The van der Waals surface area contributed by atoms with E-state index < -0.39 is 0 Å². The topological polar surface area (TPSA) is 25.8 Å². The van der Waals surface area contributed by atoms with Gasteiger partial charge in [0.25, 0.3) is 0 Å². The van der Waals surface area contributed by atoms with E-state index in [1.54, 1.807) is 0 Å². The van der Waals surface area contributed by atoms with Crippen LogP contribution in [0.2, 0.25) is 0 Å². The molecule has 0 aliphatic rings. The first-order chi connectivity index (χ1) is 5.88. The van der Waals surface area contributed by atoms with Gasteiger partial charge >= 0.3 is 77.1 Å². The summed E-state index contributed by atoms with van der Waals surface area (Å²) in [6, 6.07) is 10.2. The Morgan fingerprint density at radius 1 is 1.08 bits per heavy atom. The van der Waals surface area contributed by atoms with Gasteiger partial charge in [0.05, 0.1) is 0 Å². The summed E-state index contributed by atoms with van der Waals surface area (Å²) in [5.74, 6) is 0. The zero-order chi connectivity index (χ0) is 8.39. The Kier molecular flexibility index (Phi) is 2.07. The molecule has 0 unspecified atom stereocenters. The minimum atomic E-state index is 0.0925. The molecule has 2 aromatic rings. The Labute approximate surface area is 77.5 Å². The second-order valence-corrected chi connectivity index (χ2v) is 3.67. The van der Waals surface area contributed by atoms with E-state index in [1.807, 2.05) is 25.1 Å². The molecule has 60 valence electrons. The molecule has 1 aromatic heterocycles. The van der Waals surface area contributed by atoms with Crippen LogP contribution < -0.4 is 0 Å². The van der Waals surface area contributed by atoms with Crippen molar-refractivity contribution in [1.29, 1.82) is 0 Å². The summed E-state index contributed by atoms with van der Waals surface area (Å²) in [4.78, 5) is 0. The van der Waals surface area contributed by atoms with Gasteiger partial charge in [-0.1, -0.05) is 0 Å². The molecule has 0 saturated heterocycles. The maximum absolute atomic E-state index is 4.36. The van der Waals surface area contributed by atoms with E-state index in [0.717, 1.165) is 11.4 Å². The summed E-state index contributed by atoms with van der Waals surface area (Å²) in [5.41, 5.74) is 3.31. The number of aromatic nitrogens is 2. The van der Waals surface area contributed by atoms with Gasteiger partial charge in [-0.05, 0) is 0 Å². The summed E-state index contributed by atoms with van der Waals surface area (Å²) in [7, 11) is 0. The Hall–Kier alpha value is -0.921. The van der Waals surface area contributed by atoms with Gasteiger partial charge < -0.3 is 0 Å². The minimum absolute atomic E-state index is 0.0925. The molecule has 0 atom stereocenters. The third-order valence-electron chi connectivity index (χ3n) is 1.70. The SMILES string of the molecule is Cc1n[se]nc1-c1ccccc1. The van der Waals surface area contributed by atoms with Crippen molar-refractivity contribution < 1.29 is 0 Å². The summed E-state index contributed by atoms with van der Waals surface area (Å²) < 4.78 is 8.63. The molecule has 0 bridgehead atoms. The van der Waals surface area contributed by atoms with Gasteiger partial charge in [-0.3, -0.25) is 0 Å². The van der Waals surface area contributed by atoms with Crippen molar-refractivity contribution in [1.82, 2.24) is 7.96 Å². The van der Waals surface area contributed by atoms with E-state index in [-0.39, 0.29) is 15.0 Å². The van der Waals surface area contributed by atoms with Crippen LogP contribution >= 0.6 is 0 Å². The Balaban J connectivity index is 2.51. The van der Waals surface area contributed by atoms with Gasteiger partial charge in [0.1, 0.15) is 0 Å². The van der Waals surface area contributed by atoms with Crippen molar-refractivity contribution >= 4 is 15.0 Å². The fourth-order valence-corrected chi connectivity index (χ4v) is 2.28. The second kappa shape index (κ2) is 3.21. The van der Waals surface area contributed by atoms with Crippen LogP contribution in [0.5, 0.6) is 0 Å². The first kappa shape index (κ1) is 7.71. The van der Waals surface area contributed by atoms with Crippen LogP contribution in [0, 0.1) is 6.92 Å². The molecule has 12 heavy (non-hydrogen) atoms. The maximum atomic E-state index is 4.36. The standard InChI is InChI=1S/C9H8N2Se/c1-7-9(11-12-10-7)8-5-3-2-4-6-8/h2-6H,1H3. The molecule has 0 N–H and O–H groups in total. The molecule has 0 aliphatic carbocycles. The predicted molar refractivity (Wildman–Crippen MR) is 49.1 cm³/mol. The molecule has 1 aromatic carbocycles. The van der Waals surface area contributed by atoms with Crippen molar-refractivity contribution in [2.24, 2.45) is 0 Å². The molecule has 0 amide bonds. The molecule has 2 rings (SSSR count). The normalized spacial score (nSPS) is 10.1. The third-order valence-corrected chi connectivity index (χ3v) is 3.00. The van der Waals surface area contributed by atoms with Crippen LogP contribution in [0.25, 0.3) is 11.3 Å². The summed E-state index contributed by atoms with van der Waals surface area (Å²) >= 11 is 0.0925. The van der Waals surface area contributed by atoms with E-state index in [9.17, 15) is 0 Å². The Morgan fingerprint density at radius 3 is 2.42 bits per heavy atom. The van der Waals surface area contributed by atoms with Gasteiger partial charge in [-0.15, -0.1) is 0 Å². The van der Waals surface area contributed by atoms with E-state index in [2.05, 4.69) is 20.1 Å². The average molecular weight is 223 g/mol. The molecule has 0 fully saturated rings. The van der Waals surface area contributed by atoms with Gasteiger partial charge in [0.15, 0.2) is 0 Å². The molecule has 0 spiro atoms. The molecule has 1 heterocycles. The van der Waals surface area contributed by atoms with Crippen molar-refractivity contribution in [3.63, 3.8) is 0 Å². The van der Waals surface area contributed by atoms with Crippen LogP contribution in [0.4, 0.5) is 0 Å². The van der Waals surface area contributed by atoms with Crippen LogP contribution in [0.15, 0.2) is 30.3 Å². The van der Waals surface area contributed by atoms with Crippen molar-refractivity contribution in [3.8, 4) is 11.3 Å². The second-order valence-electron chi connectivity index (χ2n) is 2.56. The number of hydrogen-bond acceptors (Lipinski definition) is 2. The van der Waals surface area contributed by atoms with Crippen molar-refractivity contribution in [2.75, 3.05) is 0 Å². The quantitative estimate of drug-likeness (QED) is 0.685. The molecule has 2 nitrogen and oxygen atoms in total. The number of rotatable bonds is 1. The molecule has 0 aliphatic heterocycles. The van der Waals surface area contributed by atoms with Gasteiger partial charge in [-0.2, -0.15) is 0 Å². The van der Waals surface area contributed by atoms with Crippen LogP contribution in [-0.4, -0.2) is 22.9 Å². The third kappa shape index (κ3) is 1.33. The van der Waals surface area contributed by atoms with E-state index in [1.165, 1.54) is 5.56 Å². The van der Waals surface area contributed by atoms with Gasteiger partial charge in [-0.25, -0.2) is 0 Å². The summed E-state index contributed by atoms with van der Waals surface area (Å²) in [6.07, 6.45) is 0. The Bertz CT molecular complexity index is 367. The van der Waals surface area contributed by atoms with Crippen molar-refractivity contribution in [2.45, 2.75) is 6.92 Å². The molecule has 0 saturated carbocycles. The zero-order valence-corrected chi connectivity index (χ0v) is 8.40. The fraction of sp³-hybridized carbons (Fsp3) is 0.111. The number of nitrogens with zero attached hydrogens (tertiary/aromatic N) is 2. The summed E-state index contributed by atoms with van der Waals surface area (Å²) in [6.45, 7) is 2.01. The number of benzene rings is 1. The number of hydrogen-bond donors (Lipinski definition) is 0. The summed E-state index contributed by atoms with van der Waals surface area (Å²) in [5, 5.41) is 0. The fourth-order valence-electron chi connectivity index (χ4n) is 1.09. The Morgan fingerprint density at radius 2 is 1.83 bits per heavy atom. The zero-order valence-electron chi connectivity index (χ0n) is 6.69. The predicted octanol–water partition coefficient (Wildman–Crippen LogP) is 1.51. The molecular formula is C9H8N2Se. The van der Waals surface area contributed by atoms with E-state index in [4.69, 9.17) is 0 Å². The monoisotopic (exact) mass is 224 g/mol. The first-order valence-corrected chi connectivity index (χ1v) is 5.26. The van der Waals surface area contributed by atoms with Gasteiger partial charge in [0, 0.05) is 0 Å².